The molecule has 0 fully saturated rings. The van der Waals surface area contributed by atoms with Crippen molar-refractivity contribution in [2.24, 2.45) is 0 Å². The van der Waals surface area contributed by atoms with Gasteiger partial charge in [-0.3, -0.25) is 0 Å². The Labute approximate surface area is 52.5 Å². The molecule has 0 unspecified atom stereocenters. The summed E-state index contributed by atoms with van der Waals surface area (Å²) in [6.07, 6.45) is 0.580. The third-order valence-corrected chi connectivity index (χ3v) is 1.31. The van der Waals surface area contributed by atoms with E-state index in [9.17, 15) is 0 Å². The van der Waals surface area contributed by atoms with Gasteiger partial charge in [0.1, 0.15) is 0 Å². The molecule has 1 nitrogen and oxygen atoms in total. The molecule has 0 spiro atoms. The summed E-state index contributed by atoms with van der Waals surface area (Å²) in [5.41, 5.74) is 0. The number of rotatable bonds is 1. The van der Waals surface area contributed by atoms with Crippen molar-refractivity contribution in [3.8, 4) is 0 Å². The quantitative estimate of drug-likeness (QED) is 0.556. The lowest BCUT2D eigenvalue weighted by Gasteiger charge is -1.87. The first kappa shape index (κ1) is 7.12. The maximum Gasteiger partial charge on any atom is 0.199 e. The fourth-order valence-electron chi connectivity index (χ4n) is 0.146. The Morgan fingerprint density at radius 3 is 2.00 bits per heavy atom. The van der Waals surface area contributed by atoms with Crippen molar-refractivity contribution in [3.63, 3.8) is 0 Å². The normalized spacial score (nSPS) is 13.6. The average molecular weight is 141 g/mol. The van der Waals surface area contributed by atoms with Gasteiger partial charge in [-0.25, -0.2) is 0 Å². The van der Waals surface area contributed by atoms with Gasteiger partial charge in [0.25, 0.3) is 0 Å². The zero-order chi connectivity index (χ0) is 5.86. The minimum absolute atomic E-state index is 0.302. The Kier molecular flexibility index (Phi) is 3.22. The van der Waals surface area contributed by atoms with E-state index < -0.39 is 0 Å². The van der Waals surface area contributed by atoms with Gasteiger partial charge >= 0.3 is 0 Å². The molecule has 0 aliphatic rings. The highest BCUT2D eigenvalue weighted by atomic mass is 35.5. The highest BCUT2D eigenvalue weighted by molar-refractivity contribution is 6.38. The number of hydrogen-bond acceptors (Lipinski definition) is 1. The van der Waals surface area contributed by atoms with Crippen molar-refractivity contribution in [2.45, 2.75) is 13.3 Å². The summed E-state index contributed by atoms with van der Waals surface area (Å²) in [5, 5.41) is 8.34. The predicted octanol–water partition coefficient (Wildman–Crippen LogP) is 2.60. The van der Waals surface area contributed by atoms with E-state index in [-0.39, 0.29) is 5.22 Å². The molecule has 0 saturated heterocycles. The van der Waals surface area contributed by atoms with Gasteiger partial charge in [-0.05, 0) is 18.0 Å². The molecule has 0 amide bonds. The Bertz CT molecular complexity index is 83.7. The number of halogens is 2. The molecule has 0 saturated carbocycles. The van der Waals surface area contributed by atoms with Crippen molar-refractivity contribution in [3.05, 3.63) is 10.3 Å². The molecule has 0 aliphatic heterocycles. The summed E-state index contributed by atoms with van der Waals surface area (Å²) in [6.45, 7) is 1.81. The number of aliphatic hydroxyl groups excluding tert-OH is 1. The van der Waals surface area contributed by atoms with Gasteiger partial charge in [0, 0.05) is 0 Å². The molecule has 1 N–H and O–H groups in total. The highest BCUT2D eigenvalue weighted by Gasteiger charge is 1.92. The molecule has 0 rings (SSSR count). The summed E-state index contributed by atoms with van der Waals surface area (Å²) in [4.78, 5) is 0. The van der Waals surface area contributed by atoms with Crippen LogP contribution in [-0.2, 0) is 0 Å². The Morgan fingerprint density at radius 2 is 2.00 bits per heavy atom. The molecule has 0 heterocycles. The minimum atomic E-state index is -0.302. The van der Waals surface area contributed by atoms with Crippen LogP contribution >= 0.6 is 23.2 Å². The van der Waals surface area contributed by atoms with Crippen LogP contribution in [0, 0.1) is 0 Å². The van der Waals surface area contributed by atoms with Crippen LogP contribution < -0.4 is 0 Å². The summed E-state index contributed by atoms with van der Waals surface area (Å²) in [5.74, 6) is 0. The molecule has 0 aliphatic carbocycles. The summed E-state index contributed by atoms with van der Waals surface area (Å²) >= 11 is 10.3. The van der Waals surface area contributed by atoms with Gasteiger partial charge in [0.15, 0.2) is 5.22 Å². The van der Waals surface area contributed by atoms with Crippen molar-refractivity contribution >= 4 is 23.2 Å². The van der Waals surface area contributed by atoms with Crippen LogP contribution in [0.25, 0.3) is 0 Å². The molecule has 0 aromatic rings. The summed E-state index contributed by atoms with van der Waals surface area (Å²) in [6, 6.07) is 0. The first-order chi connectivity index (χ1) is 3.18. The molecule has 3 heteroatoms. The van der Waals surface area contributed by atoms with E-state index in [4.69, 9.17) is 28.3 Å². The van der Waals surface area contributed by atoms with Crippen LogP contribution in [-0.4, -0.2) is 5.11 Å². The fourth-order valence-corrected chi connectivity index (χ4v) is 0.280. The second-order valence-electron chi connectivity index (χ2n) is 1.05. The summed E-state index contributed by atoms with van der Waals surface area (Å²) in [7, 11) is 0. The molecular formula is C4H6Cl2O. The van der Waals surface area contributed by atoms with Crippen LogP contribution in [0.1, 0.15) is 13.3 Å². The van der Waals surface area contributed by atoms with E-state index in [1.807, 2.05) is 0 Å². The molecular weight excluding hydrogens is 135 g/mol. The first-order valence-corrected chi connectivity index (χ1v) is 2.67. The SMILES string of the molecule is CCC(Cl)=C(O)Cl. The van der Waals surface area contributed by atoms with Crippen LogP contribution in [0.2, 0.25) is 0 Å². The first-order valence-electron chi connectivity index (χ1n) is 1.91. The molecule has 42 valence electrons. The second kappa shape index (κ2) is 3.16. The maximum absolute atomic E-state index is 8.33. The van der Waals surface area contributed by atoms with E-state index in [2.05, 4.69) is 0 Å². The minimum Gasteiger partial charge on any atom is -0.498 e. The molecule has 0 aromatic heterocycles. The standard InChI is InChI=1S/C4H6Cl2O/c1-2-3(5)4(6)7/h7H,2H2,1H3. The van der Waals surface area contributed by atoms with Crippen molar-refractivity contribution in [1.82, 2.24) is 0 Å². The number of aliphatic hydroxyl groups is 1. The third kappa shape index (κ3) is 2.77. The van der Waals surface area contributed by atoms with E-state index in [0.717, 1.165) is 0 Å². The van der Waals surface area contributed by atoms with Gasteiger partial charge in [-0.15, -0.1) is 0 Å². The van der Waals surface area contributed by atoms with Crippen molar-refractivity contribution in [2.75, 3.05) is 0 Å². The van der Waals surface area contributed by atoms with Gasteiger partial charge in [-0.2, -0.15) is 0 Å². The van der Waals surface area contributed by atoms with E-state index in [1.165, 1.54) is 0 Å². The number of hydrogen-bond donors (Lipinski definition) is 1. The van der Waals surface area contributed by atoms with Gasteiger partial charge < -0.3 is 5.11 Å². The molecule has 0 bridgehead atoms. The zero-order valence-corrected chi connectivity index (χ0v) is 5.42. The molecule has 0 aromatic carbocycles. The van der Waals surface area contributed by atoms with Crippen molar-refractivity contribution < 1.29 is 5.11 Å². The lowest BCUT2D eigenvalue weighted by molar-refractivity contribution is 0.448. The maximum atomic E-state index is 8.33. The molecule has 7 heavy (non-hydrogen) atoms. The largest absolute Gasteiger partial charge is 0.498 e. The molecule has 0 atom stereocenters. The molecule has 0 radical (unpaired) electrons. The lowest BCUT2D eigenvalue weighted by Crippen LogP contribution is -1.70. The van der Waals surface area contributed by atoms with Crippen molar-refractivity contribution in [1.29, 1.82) is 0 Å². The van der Waals surface area contributed by atoms with E-state index in [1.54, 1.807) is 6.92 Å². The van der Waals surface area contributed by atoms with Crippen LogP contribution in [0.3, 0.4) is 0 Å². The third-order valence-electron chi connectivity index (χ3n) is 0.534. The fraction of sp³-hybridized carbons (Fsp3) is 0.500. The van der Waals surface area contributed by atoms with Crippen LogP contribution in [0.5, 0.6) is 0 Å². The zero-order valence-electron chi connectivity index (χ0n) is 3.91. The van der Waals surface area contributed by atoms with Gasteiger partial charge in [-0.1, -0.05) is 18.5 Å². The predicted molar refractivity (Wildman–Crippen MR) is 31.7 cm³/mol. The smallest absolute Gasteiger partial charge is 0.199 e. The number of allylic oxidation sites excluding steroid dienone is 1. The second-order valence-corrected chi connectivity index (χ2v) is 1.86. The van der Waals surface area contributed by atoms with Crippen LogP contribution in [0.4, 0.5) is 0 Å². The Morgan fingerprint density at radius 1 is 1.57 bits per heavy atom. The van der Waals surface area contributed by atoms with Gasteiger partial charge in [0.05, 0.1) is 5.03 Å². The van der Waals surface area contributed by atoms with E-state index in [0.29, 0.717) is 11.5 Å². The topological polar surface area (TPSA) is 20.2 Å². The average Bonchev–Trinajstić information content (AvgIpc) is 1.65. The van der Waals surface area contributed by atoms with E-state index >= 15 is 0 Å². The van der Waals surface area contributed by atoms with Gasteiger partial charge in [0.2, 0.25) is 0 Å². The lowest BCUT2D eigenvalue weighted by atomic mass is 10.5. The monoisotopic (exact) mass is 140 g/mol. The Balaban J connectivity index is 3.72. The Hall–Kier alpha value is 0.120. The van der Waals surface area contributed by atoms with Crippen LogP contribution in [0.15, 0.2) is 10.3 Å². The highest BCUT2D eigenvalue weighted by Crippen LogP contribution is 2.12. The summed E-state index contributed by atoms with van der Waals surface area (Å²) < 4.78 is 0.